The van der Waals surface area contributed by atoms with Crippen molar-refractivity contribution in [3.63, 3.8) is 0 Å². The lowest BCUT2D eigenvalue weighted by molar-refractivity contribution is 0.0704. The number of carbonyl (C=O) groups excluding carboxylic acids is 1. The first-order chi connectivity index (χ1) is 6.13. The maximum Gasteiger partial charge on any atom is 0.409 e. The van der Waals surface area contributed by atoms with Crippen LogP contribution in [-0.2, 0) is 4.74 Å². The standard InChI is InChI=1S/C8H15NO4/c1-9-4-7(13-8(9)12)3-2-6(11)5-10/h6-7,10-11H,2-5H2,1H3. The van der Waals surface area contributed by atoms with E-state index in [0.717, 1.165) is 0 Å². The lowest BCUT2D eigenvalue weighted by Gasteiger charge is -2.10. The Morgan fingerprint density at radius 1 is 1.77 bits per heavy atom. The monoisotopic (exact) mass is 189 g/mol. The Bertz CT molecular complexity index is 185. The van der Waals surface area contributed by atoms with Gasteiger partial charge in [0.15, 0.2) is 0 Å². The van der Waals surface area contributed by atoms with Crippen molar-refractivity contribution in [3.05, 3.63) is 0 Å². The maximum atomic E-state index is 10.9. The third kappa shape index (κ3) is 2.86. The van der Waals surface area contributed by atoms with E-state index in [0.29, 0.717) is 19.4 Å². The van der Waals surface area contributed by atoms with Gasteiger partial charge in [-0.15, -0.1) is 0 Å². The zero-order valence-corrected chi connectivity index (χ0v) is 7.64. The molecule has 0 saturated carbocycles. The largest absolute Gasteiger partial charge is 0.444 e. The predicted octanol–water partition coefficient (Wildman–Crippen LogP) is -0.430. The second kappa shape index (κ2) is 4.43. The average Bonchev–Trinajstić information content (AvgIpc) is 2.42. The number of hydrogen-bond acceptors (Lipinski definition) is 4. The highest BCUT2D eigenvalue weighted by Crippen LogP contribution is 2.14. The van der Waals surface area contributed by atoms with E-state index in [1.165, 1.54) is 4.90 Å². The van der Waals surface area contributed by atoms with Crippen LogP contribution in [0.3, 0.4) is 0 Å². The molecule has 1 fully saturated rings. The number of rotatable bonds is 4. The van der Waals surface area contributed by atoms with Gasteiger partial charge in [-0.2, -0.15) is 0 Å². The number of likely N-dealkylation sites (N-methyl/N-ethyl adjacent to an activating group) is 1. The molecule has 76 valence electrons. The Labute approximate surface area is 76.9 Å². The fraction of sp³-hybridized carbons (Fsp3) is 0.875. The second-order valence-electron chi connectivity index (χ2n) is 3.30. The first-order valence-electron chi connectivity index (χ1n) is 4.34. The summed E-state index contributed by atoms with van der Waals surface area (Å²) in [5.41, 5.74) is 0. The van der Waals surface area contributed by atoms with Gasteiger partial charge in [-0.3, -0.25) is 0 Å². The minimum atomic E-state index is -0.704. The Morgan fingerprint density at radius 2 is 2.46 bits per heavy atom. The fourth-order valence-corrected chi connectivity index (χ4v) is 1.27. The smallest absolute Gasteiger partial charge is 0.409 e. The molecule has 2 unspecified atom stereocenters. The molecule has 2 N–H and O–H groups in total. The van der Waals surface area contributed by atoms with Crippen LogP contribution in [0, 0.1) is 0 Å². The molecule has 1 aliphatic rings. The van der Waals surface area contributed by atoms with E-state index >= 15 is 0 Å². The summed E-state index contributed by atoms with van der Waals surface area (Å²) >= 11 is 0. The molecule has 1 aliphatic heterocycles. The van der Waals surface area contributed by atoms with Crippen LogP contribution in [0.5, 0.6) is 0 Å². The molecular formula is C8H15NO4. The van der Waals surface area contributed by atoms with Crippen LogP contribution in [0.2, 0.25) is 0 Å². The molecule has 1 rings (SSSR count). The molecule has 0 aromatic heterocycles. The van der Waals surface area contributed by atoms with Crippen LogP contribution in [0.4, 0.5) is 4.79 Å². The Hall–Kier alpha value is -0.810. The summed E-state index contributed by atoms with van der Waals surface area (Å²) in [6.45, 7) is 0.327. The Kier molecular flexibility index (Phi) is 3.50. The molecule has 0 bridgehead atoms. The van der Waals surface area contributed by atoms with Gasteiger partial charge in [0.05, 0.1) is 19.3 Å². The van der Waals surface area contributed by atoms with E-state index in [-0.39, 0.29) is 18.8 Å². The number of cyclic esters (lactones) is 1. The molecule has 2 atom stereocenters. The summed E-state index contributed by atoms with van der Waals surface area (Å²) in [6.07, 6.45) is -0.105. The quantitative estimate of drug-likeness (QED) is 0.629. The van der Waals surface area contributed by atoms with E-state index in [4.69, 9.17) is 14.9 Å². The van der Waals surface area contributed by atoms with Crippen molar-refractivity contribution >= 4 is 6.09 Å². The van der Waals surface area contributed by atoms with Gasteiger partial charge in [0.1, 0.15) is 6.10 Å². The van der Waals surface area contributed by atoms with Crippen molar-refractivity contribution in [2.24, 2.45) is 0 Å². The number of amides is 1. The highest BCUT2D eigenvalue weighted by Gasteiger charge is 2.28. The molecule has 13 heavy (non-hydrogen) atoms. The van der Waals surface area contributed by atoms with E-state index < -0.39 is 6.10 Å². The Balaban J connectivity index is 2.20. The molecule has 5 nitrogen and oxygen atoms in total. The normalized spacial score (nSPS) is 24.7. The molecule has 1 amide bonds. The van der Waals surface area contributed by atoms with E-state index in [2.05, 4.69) is 0 Å². The third-order valence-corrected chi connectivity index (χ3v) is 2.09. The van der Waals surface area contributed by atoms with Crippen LogP contribution in [0.1, 0.15) is 12.8 Å². The van der Waals surface area contributed by atoms with Crippen molar-refractivity contribution in [1.29, 1.82) is 0 Å². The lowest BCUT2D eigenvalue weighted by Crippen LogP contribution is -2.20. The number of aliphatic hydroxyl groups is 2. The molecule has 0 spiro atoms. The summed E-state index contributed by atoms with van der Waals surface area (Å²) in [4.78, 5) is 12.4. The molecule has 0 aromatic carbocycles. The van der Waals surface area contributed by atoms with Crippen molar-refractivity contribution in [2.75, 3.05) is 20.2 Å². The first-order valence-corrected chi connectivity index (χ1v) is 4.34. The number of nitrogens with zero attached hydrogens (tertiary/aromatic N) is 1. The molecule has 0 aliphatic carbocycles. The zero-order chi connectivity index (χ0) is 9.84. The third-order valence-electron chi connectivity index (χ3n) is 2.09. The second-order valence-corrected chi connectivity index (χ2v) is 3.30. The predicted molar refractivity (Wildman–Crippen MR) is 45.2 cm³/mol. The first kappa shape index (κ1) is 10.3. The zero-order valence-electron chi connectivity index (χ0n) is 7.64. The van der Waals surface area contributed by atoms with Crippen LogP contribution >= 0.6 is 0 Å². The number of carbonyl (C=O) groups is 1. The number of aliphatic hydroxyl groups excluding tert-OH is 2. The van der Waals surface area contributed by atoms with Crippen molar-refractivity contribution < 1.29 is 19.7 Å². The molecule has 0 aromatic rings. The van der Waals surface area contributed by atoms with Crippen molar-refractivity contribution in [2.45, 2.75) is 25.0 Å². The SMILES string of the molecule is CN1CC(CCC(O)CO)OC1=O. The summed E-state index contributed by atoms with van der Waals surface area (Å²) < 4.78 is 4.96. The summed E-state index contributed by atoms with van der Waals surface area (Å²) in [5.74, 6) is 0. The van der Waals surface area contributed by atoms with Gasteiger partial charge in [-0.1, -0.05) is 0 Å². The lowest BCUT2D eigenvalue weighted by atomic mass is 10.1. The van der Waals surface area contributed by atoms with E-state index in [9.17, 15) is 4.79 Å². The van der Waals surface area contributed by atoms with E-state index in [1.807, 2.05) is 0 Å². The van der Waals surface area contributed by atoms with E-state index in [1.54, 1.807) is 7.05 Å². The van der Waals surface area contributed by atoms with Gasteiger partial charge < -0.3 is 19.8 Å². The van der Waals surface area contributed by atoms with Crippen molar-refractivity contribution in [1.82, 2.24) is 4.90 Å². The summed E-state index contributed by atoms with van der Waals surface area (Å²) in [7, 11) is 1.67. The highest BCUT2D eigenvalue weighted by atomic mass is 16.6. The topological polar surface area (TPSA) is 70.0 Å². The summed E-state index contributed by atoms with van der Waals surface area (Å²) in [6, 6.07) is 0. The fourth-order valence-electron chi connectivity index (χ4n) is 1.27. The van der Waals surface area contributed by atoms with Gasteiger partial charge in [0, 0.05) is 7.05 Å². The minimum absolute atomic E-state index is 0.140. The molecule has 1 heterocycles. The van der Waals surface area contributed by atoms with Crippen LogP contribution < -0.4 is 0 Å². The van der Waals surface area contributed by atoms with Gasteiger partial charge in [-0.05, 0) is 12.8 Å². The van der Waals surface area contributed by atoms with Gasteiger partial charge in [0.25, 0.3) is 0 Å². The molecule has 1 saturated heterocycles. The van der Waals surface area contributed by atoms with Crippen LogP contribution in [0.15, 0.2) is 0 Å². The Morgan fingerprint density at radius 3 is 2.92 bits per heavy atom. The highest BCUT2D eigenvalue weighted by molar-refractivity contribution is 5.69. The average molecular weight is 189 g/mol. The minimum Gasteiger partial charge on any atom is -0.444 e. The molecular weight excluding hydrogens is 174 g/mol. The molecule has 5 heteroatoms. The summed E-state index contributed by atoms with van der Waals surface area (Å²) in [5, 5.41) is 17.6. The van der Waals surface area contributed by atoms with Crippen molar-refractivity contribution in [3.8, 4) is 0 Å². The number of ether oxygens (including phenoxy) is 1. The maximum absolute atomic E-state index is 10.9. The van der Waals surface area contributed by atoms with Gasteiger partial charge in [-0.25, -0.2) is 4.79 Å². The van der Waals surface area contributed by atoms with Crippen LogP contribution in [0.25, 0.3) is 0 Å². The van der Waals surface area contributed by atoms with Gasteiger partial charge in [0.2, 0.25) is 0 Å². The molecule has 0 radical (unpaired) electrons. The van der Waals surface area contributed by atoms with Gasteiger partial charge >= 0.3 is 6.09 Å². The van der Waals surface area contributed by atoms with Crippen LogP contribution in [-0.4, -0.2) is 53.6 Å². The number of hydrogen-bond donors (Lipinski definition) is 2.